The number of hydrogen-bond donors (Lipinski definition) is 2. The first kappa shape index (κ1) is 27.7. The largest absolute Gasteiger partial charge is 0.469 e. The Morgan fingerprint density at radius 1 is 1.13 bits per heavy atom. The maximum absolute atomic E-state index is 12.5. The second-order valence-electron chi connectivity index (χ2n) is 10.6. The van der Waals surface area contributed by atoms with E-state index in [9.17, 15) is 18.3 Å². The number of rotatable bonds is 9. The van der Waals surface area contributed by atoms with Gasteiger partial charge in [0.1, 0.15) is 22.2 Å². The standard InChI is InChI=1S/C28H34N4O5S2/c1-4-28(34,20-9-7-18(8-10-20)26(33)37-2)27-30-16-23(38-27)22-14-21(39(3,35)36)15-25(31-22)32-24-13-19(11-12-29-24)17-5-6-17/h11-18,20,34H,4-10H2,1-3H3,(H,29,31,32). The zero-order valence-corrected chi connectivity index (χ0v) is 24.0. The van der Waals surface area contributed by atoms with E-state index in [-0.39, 0.29) is 22.7 Å². The lowest BCUT2D eigenvalue weighted by atomic mass is 9.72. The Morgan fingerprint density at radius 3 is 2.51 bits per heavy atom. The predicted molar refractivity (Wildman–Crippen MR) is 150 cm³/mol. The average molecular weight is 571 g/mol. The third kappa shape index (κ3) is 6.00. The first-order valence-corrected chi connectivity index (χ1v) is 16.0. The van der Waals surface area contributed by atoms with Crippen molar-refractivity contribution in [3.05, 3.63) is 47.2 Å². The summed E-state index contributed by atoms with van der Waals surface area (Å²) in [6, 6.07) is 7.03. The number of nitrogens with zero attached hydrogens (tertiary/aromatic N) is 3. The molecule has 2 saturated carbocycles. The minimum atomic E-state index is -3.52. The van der Waals surface area contributed by atoms with Gasteiger partial charge < -0.3 is 15.2 Å². The minimum Gasteiger partial charge on any atom is -0.469 e. The van der Waals surface area contributed by atoms with E-state index >= 15 is 0 Å². The lowest BCUT2D eigenvalue weighted by Crippen LogP contribution is -2.38. The first-order valence-electron chi connectivity index (χ1n) is 13.3. The number of aliphatic hydroxyl groups is 1. The maximum Gasteiger partial charge on any atom is 0.308 e. The van der Waals surface area contributed by atoms with Crippen LogP contribution >= 0.6 is 11.3 Å². The molecule has 3 aromatic rings. The number of aromatic nitrogens is 3. The Hall–Kier alpha value is -2.89. The summed E-state index contributed by atoms with van der Waals surface area (Å²) in [5.41, 5.74) is 0.515. The topological polar surface area (TPSA) is 131 Å². The number of ether oxygens (including phenoxy) is 1. The molecule has 3 aromatic heterocycles. The predicted octanol–water partition coefficient (Wildman–Crippen LogP) is 5.20. The number of nitrogens with one attached hydrogen (secondary N) is 1. The third-order valence-electron chi connectivity index (χ3n) is 7.92. The van der Waals surface area contributed by atoms with Gasteiger partial charge in [0.15, 0.2) is 9.84 Å². The van der Waals surface area contributed by atoms with E-state index in [0.717, 1.165) is 0 Å². The number of pyridine rings is 2. The van der Waals surface area contributed by atoms with E-state index < -0.39 is 15.4 Å². The van der Waals surface area contributed by atoms with Gasteiger partial charge in [-0.1, -0.05) is 6.92 Å². The molecule has 11 heteroatoms. The molecular weight excluding hydrogens is 536 g/mol. The smallest absolute Gasteiger partial charge is 0.308 e. The van der Waals surface area contributed by atoms with Gasteiger partial charge in [-0.2, -0.15) is 0 Å². The maximum atomic E-state index is 12.5. The van der Waals surface area contributed by atoms with E-state index in [1.54, 1.807) is 18.5 Å². The Balaban J connectivity index is 1.42. The van der Waals surface area contributed by atoms with Crippen LogP contribution in [0.5, 0.6) is 0 Å². The molecule has 5 rings (SSSR count). The summed E-state index contributed by atoms with van der Waals surface area (Å²) in [7, 11) is -2.11. The molecule has 0 aromatic carbocycles. The highest BCUT2D eigenvalue weighted by molar-refractivity contribution is 7.90. The molecule has 0 saturated heterocycles. The number of carbonyl (C=O) groups is 1. The number of sulfone groups is 1. The van der Waals surface area contributed by atoms with Crippen molar-refractivity contribution >= 4 is 38.8 Å². The van der Waals surface area contributed by atoms with Crippen LogP contribution in [0.25, 0.3) is 10.6 Å². The average Bonchev–Trinajstić information content (AvgIpc) is 3.67. The van der Waals surface area contributed by atoms with Crippen LogP contribution in [0.2, 0.25) is 0 Å². The van der Waals surface area contributed by atoms with E-state index in [4.69, 9.17) is 9.72 Å². The van der Waals surface area contributed by atoms with Crippen LogP contribution in [0, 0.1) is 11.8 Å². The Bertz CT molecular complexity index is 1460. The monoisotopic (exact) mass is 570 g/mol. The number of anilines is 2. The van der Waals surface area contributed by atoms with Crippen molar-refractivity contribution < 1.29 is 23.1 Å². The molecule has 1 atom stereocenters. The highest BCUT2D eigenvalue weighted by Crippen LogP contribution is 2.45. The van der Waals surface area contributed by atoms with Gasteiger partial charge >= 0.3 is 5.97 Å². The van der Waals surface area contributed by atoms with Crippen molar-refractivity contribution in [3.8, 4) is 10.6 Å². The van der Waals surface area contributed by atoms with Crippen LogP contribution in [0.1, 0.15) is 68.4 Å². The van der Waals surface area contributed by atoms with Gasteiger partial charge in [0.25, 0.3) is 0 Å². The second-order valence-corrected chi connectivity index (χ2v) is 13.6. The number of esters is 1. The van der Waals surface area contributed by atoms with Gasteiger partial charge in [-0.05, 0) is 86.6 Å². The molecule has 9 nitrogen and oxygen atoms in total. The molecule has 0 spiro atoms. The van der Waals surface area contributed by atoms with Gasteiger partial charge in [0.2, 0.25) is 0 Å². The first-order chi connectivity index (χ1) is 18.6. The summed E-state index contributed by atoms with van der Waals surface area (Å²) in [6.45, 7) is 1.93. The quantitative estimate of drug-likeness (QED) is 0.333. The van der Waals surface area contributed by atoms with Crippen LogP contribution in [0.4, 0.5) is 11.6 Å². The molecule has 3 heterocycles. The number of hydrogen-bond acceptors (Lipinski definition) is 10. The molecule has 2 N–H and O–H groups in total. The van der Waals surface area contributed by atoms with Crippen molar-refractivity contribution in [2.24, 2.45) is 11.8 Å². The number of thiazole rings is 1. The fourth-order valence-corrected chi connectivity index (χ4v) is 7.17. The van der Waals surface area contributed by atoms with Crippen LogP contribution in [-0.2, 0) is 25.0 Å². The molecular formula is C28H34N4O5S2. The fourth-order valence-electron chi connectivity index (χ4n) is 5.41. The van der Waals surface area contributed by atoms with Crippen LogP contribution in [0.15, 0.2) is 41.6 Å². The molecule has 2 aliphatic carbocycles. The zero-order valence-electron chi connectivity index (χ0n) is 22.4. The SMILES string of the molecule is CCC(O)(c1ncc(-c2cc(S(C)(=O)=O)cc(Nc3cc(C4CC4)ccn3)n2)s1)C1CCC(C(=O)OC)CC1. The molecule has 208 valence electrons. The Labute approximate surface area is 233 Å². The van der Waals surface area contributed by atoms with Crippen molar-refractivity contribution in [2.75, 3.05) is 18.7 Å². The van der Waals surface area contributed by atoms with Gasteiger partial charge in [-0.15, -0.1) is 11.3 Å². The molecule has 0 amide bonds. The van der Waals surface area contributed by atoms with E-state index in [0.29, 0.717) is 65.2 Å². The summed E-state index contributed by atoms with van der Waals surface area (Å²) in [6.07, 6.45) is 10.1. The second kappa shape index (κ2) is 10.9. The van der Waals surface area contributed by atoms with E-state index in [1.165, 1.54) is 49.2 Å². The van der Waals surface area contributed by atoms with E-state index in [2.05, 4.69) is 15.3 Å². The highest BCUT2D eigenvalue weighted by atomic mass is 32.2. The molecule has 2 fully saturated rings. The lowest BCUT2D eigenvalue weighted by molar-refractivity contribution is -0.148. The van der Waals surface area contributed by atoms with Gasteiger partial charge in [0, 0.05) is 18.6 Å². The van der Waals surface area contributed by atoms with Crippen LogP contribution in [0.3, 0.4) is 0 Å². The molecule has 0 radical (unpaired) electrons. The summed E-state index contributed by atoms with van der Waals surface area (Å²) in [5, 5.41) is 15.5. The summed E-state index contributed by atoms with van der Waals surface area (Å²) >= 11 is 1.32. The zero-order chi connectivity index (χ0) is 27.8. The molecule has 39 heavy (non-hydrogen) atoms. The van der Waals surface area contributed by atoms with Crippen molar-refractivity contribution in [1.29, 1.82) is 0 Å². The van der Waals surface area contributed by atoms with Crippen molar-refractivity contribution in [1.82, 2.24) is 15.0 Å². The lowest BCUT2D eigenvalue weighted by Gasteiger charge is -2.38. The van der Waals surface area contributed by atoms with Gasteiger partial charge in [0.05, 0.1) is 28.5 Å². The highest BCUT2D eigenvalue weighted by Gasteiger charge is 2.42. The number of methoxy groups -OCH3 is 1. The fraction of sp³-hybridized carbons (Fsp3) is 0.500. The van der Waals surface area contributed by atoms with E-state index in [1.807, 2.05) is 19.1 Å². The van der Waals surface area contributed by atoms with Crippen molar-refractivity contribution in [2.45, 2.75) is 68.3 Å². The Morgan fingerprint density at radius 2 is 1.87 bits per heavy atom. The molecule has 2 aliphatic rings. The molecule has 0 aliphatic heterocycles. The van der Waals surface area contributed by atoms with Crippen LogP contribution < -0.4 is 5.32 Å². The van der Waals surface area contributed by atoms with Crippen LogP contribution in [-0.4, -0.2) is 47.8 Å². The molecule has 0 bridgehead atoms. The van der Waals surface area contributed by atoms with Gasteiger partial charge in [-0.3, -0.25) is 4.79 Å². The third-order valence-corrected chi connectivity index (χ3v) is 10.2. The number of carbonyl (C=O) groups excluding carboxylic acids is 1. The normalized spacial score (nSPS) is 21.2. The summed E-state index contributed by atoms with van der Waals surface area (Å²) < 4.78 is 30.0. The summed E-state index contributed by atoms with van der Waals surface area (Å²) in [5.74, 6) is 1.17. The van der Waals surface area contributed by atoms with Crippen molar-refractivity contribution in [3.63, 3.8) is 0 Å². The minimum absolute atomic E-state index is 0.0419. The van der Waals surface area contributed by atoms with Gasteiger partial charge in [-0.25, -0.2) is 23.4 Å². The Kier molecular flexibility index (Phi) is 7.76. The molecule has 1 unspecified atom stereocenters. The summed E-state index contributed by atoms with van der Waals surface area (Å²) in [4.78, 5) is 26.4.